The fourth-order valence-electron chi connectivity index (χ4n) is 3.74. The second-order valence-electron chi connectivity index (χ2n) is 7.54. The second kappa shape index (κ2) is 8.81. The topological polar surface area (TPSA) is 47.1 Å². The molecule has 0 aromatic rings. The molecule has 0 bridgehead atoms. The minimum atomic E-state index is 0.184. The summed E-state index contributed by atoms with van der Waals surface area (Å²) in [5, 5.41) is 0. The molecule has 2 rings (SSSR count). The maximum absolute atomic E-state index is 11.9. The Balaban J connectivity index is 1.73. The number of hydrogen-bond donors (Lipinski definition) is 0. The molecule has 2 amide bonds. The quantitative estimate of drug-likeness (QED) is 0.741. The average molecular weight is 338 g/mol. The van der Waals surface area contributed by atoms with E-state index in [0.717, 1.165) is 52.1 Å². The summed E-state index contributed by atoms with van der Waals surface area (Å²) >= 11 is 0. The molecule has 0 aromatic heterocycles. The second-order valence-corrected chi connectivity index (χ2v) is 7.54. The van der Waals surface area contributed by atoms with Crippen LogP contribution in [0.1, 0.15) is 33.1 Å². The van der Waals surface area contributed by atoms with E-state index in [1.165, 1.54) is 0 Å². The maximum Gasteiger partial charge on any atom is 0.236 e. The molecular weight excluding hydrogens is 304 g/mol. The Kier molecular flexibility index (Phi) is 7.04. The van der Waals surface area contributed by atoms with E-state index in [1.54, 1.807) is 4.90 Å². The molecule has 2 saturated heterocycles. The van der Waals surface area contributed by atoms with E-state index in [0.29, 0.717) is 30.8 Å². The summed E-state index contributed by atoms with van der Waals surface area (Å²) in [6.45, 7) is 10.7. The predicted molar refractivity (Wildman–Crippen MR) is 95.8 cm³/mol. The summed E-state index contributed by atoms with van der Waals surface area (Å²) in [6, 6.07) is 0.490. The summed E-state index contributed by atoms with van der Waals surface area (Å²) in [5.74, 6) is 1.17. The van der Waals surface area contributed by atoms with Crippen molar-refractivity contribution in [2.45, 2.75) is 39.2 Å². The van der Waals surface area contributed by atoms with Crippen molar-refractivity contribution in [3.05, 3.63) is 0 Å². The van der Waals surface area contributed by atoms with Crippen LogP contribution in [0, 0.1) is 5.92 Å². The van der Waals surface area contributed by atoms with Crippen LogP contribution in [0.2, 0.25) is 0 Å². The normalized spacial score (nSPS) is 24.2. The first kappa shape index (κ1) is 19.2. The zero-order valence-corrected chi connectivity index (χ0v) is 15.8. The maximum atomic E-state index is 11.9. The van der Waals surface area contributed by atoms with Crippen molar-refractivity contribution in [1.82, 2.24) is 19.6 Å². The van der Waals surface area contributed by atoms with Crippen molar-refractivity contribution in [2.75, 3.05) is 59.9 Å². The Hall–Kier alpha value is -1.14. The summed E-state index contributed by atoms with van der Waals surface area (Å²) in [5.41, 5.74) is 0. The molecule has 0 spiro atoms. The van der Waals surface area contributed by atoms with Gasteiger partial charge in [-0.1, -0.05) is 6.92 Å². The van der Waals surface area contributed by atoms with Crippen LogP contribution in [0.15, 0.2) is 0 Å². The van der Waals surface area contributed by atoms with Crippen molar-refractivity contribution >= 4 is 11.8 Å². The van der Waals surface area contributed by atoms with Crippen LogP contribution in [0.3, 0.4) is 0 Å². The SMILES string of the molecule is CCC(=O)N1CCC(CN2CCN(CC(=O)N(C)C)CC2C)CC1. The number of hydrogen-bond acceptors (Lipinski definition) is 4. The lowest BCUT2D eigenvalue weighted by Crippen LogP contribution is -2.55. The van der Waals surface area contributed by atoms with Gasteiger partial charge in [-0.2, -0.15) is 0 Å². The number of nitrogens with zero attached hydrogens (tertiary/aromatic N) is 4. The number of likely N-dealkylation sites (N-methyl/N-ethyl adjacent to an activating group) is 1. The van der Waals surface area contributed by atoms with Crippen molar-refractivity contribution in [1.29, 1.82) is 0 Å². The Bertz CT molecular complexity index is 433. The third-order valence-electron chi connectivity index (χ3n) is 5.47. The van der Waals surface area contributed by atoms with E-state index in [2.05, 4.69) is 16.7 Å². The van der Waals surface area contributed by atoms with E-state index >= 15 is 0 Å². The minimum Gasteiger partial charge on any atom is -0.348 e. The molecule has 1 atom stereocenters. The zero-order chi connectivity index (χ0) is 17.7. The van der Waals surface area contributed by atoms with Crippen LogP contribution < -0.4 is 0 Å². The number of carbonyl (C=O) groups is 2. The molecule has 2 aliphatic heterocycles. The minimum absolute atomic E-state index is 0.184. The van der Waals surface area contributed by atoms with Gasteiger partial charge < -0.3 is 9.80 Å². The third-order valence-corrected chi connectivity index (χ3v) is 5.47. The average Bonchev–Trinajstić information content (AvgIpc) is 2.57. The summed E-state index contributed by atoms with van der Waals surface area (Å²) in [7, 11) is 3.63. The molecule has 6 nitrogen and oxygen atoms in total. The fourth-order valence-corrected chi connectivity index (χ4v) is 3.74. The van der Waals surface area contributed by atoms with Gasteiger partial charge in [-0.3, -0.25) is 19.4 Å². The highest BCUT2D eigenvalue weighted by Crippen LogP contribution is 2.21. The molecule has 2 aliphatic rings. The summed E-state index contributed by atoms with van der Waals surface area (Å²) < 4.78 is 0. The fraction of sp³-hybridized carbons (Fsp3) is 0.889. The van der Waals surface area contributed by atoms with Crippen molar-refractivity contribution in [3.63, 3.8) is 0 Å². The summed E-state index contributed by atoms with van der Waals surface area (Å²) in [4.78, 5) is 32.2. The van der Waals surface area contributed by atoms with Crippen LogP contribution >= 0.6 is 0 Å². The van der Waals surface area contributed by atoms with Gasteiger partial charge in [0.05, 0.1) is 6.54 Å². The largest absolute Gasteiger partial charge is 0.348 e. The highest BCUT2D eigenvalue weighted by Gasteiger charge is 2.29. The van der Waals surface area contributed by atoms with E-state index in [9.17, 15) is 9.59 Å². The molecule has 0 N–H and O–H groups in total. The molecule has 0 radical (unpaired) electrons. The van der Waals surface area contributed by atoms with E-state index in [1.807, 2.05) is 25.9 Å². The molecule has 2 fully saturated rings. The van der Waals surface area contributed by atoms with E-state index in [-0.39, 0.29) is 5.91 Å². The van der Waals surface area contributed by atoms with Crippen LogP contribution in [-0.4, -0.2) is 97.4 Å². The van der Waals surface area contributed by atoms with Crippen LogP contribution in [-0.2, 0) is 9.59 Å². The number of amides is 2. The van der Waals surface area contributed by atoms with Crippen molar-refractivity contribution < 1.29 is 9.59 Å². The van der Waals surface area contributed by atoms with Gasteiger partial charge in [0.25, 0.3) is 0 Å². The van der Waals surface area contributed by atoms with Gasteiger partial charge in [0, 0.05) is 65.8 Å². The number of rotatable bonds is 5. The smallest absolute Gasteiger partial charge is 0.236 e. The molecule has 6 heteroatoms. The molecular formula is C18H34N4O2. The van der Waals surface area contributed by atoms with Gasteiger partial charge >= 0.3 is 0 Å². The Labute approximate surface area is 146 Å². The van der Waals surface area contributed by atoms with Crippen molar-refractivity contribution in [3.8, 4) is 0 Å². The lowest BCUT2D eigenvalue weighted by molar-refractivity contribution is -0.133. The predicted octanol–water partition coefficient (Wildman–Crippen LogP) is 0.729. The standard InChI is InChI=1S/C18H34N4O2/c1-5-17(23)21-8-6-16(7-9-21)13-22-11-10-20(12-15(22)2)14-18(24)19(3)4/h15-16H,5-14H2,1-4H3. The lowest BCUT2D eigenvalue weighted by Gasteiger charge is -2.42. The Morgan fingerprint density at radius 1 is 1.08 bits per heavy atom. The van der Waals surface area contributed by atoms with Gasteiger partial charge in [-0.15, -0.1) is 0 Å². The highest BCUT2D eigenvalue weighted by molar-refractivity contribution is 5.77. The molecule has 1 unspecified atom stereocenters. The monoisotopic (exact) mass is 338 g/mol. The van der Waals surface area contributed by atoms with Crippen LogP contribution in [0.25, 0.3) is 0 Å². The molecule has 0 aromatic carbocycles. The highest BCUT2D eigenvalue weighted by atomic mass is 16.2. The molecule has 0 saturated carbocycles. The first-order chi connectivity index (χ1) is 11.4. The van der Waals surface area contributed by atoms with E-state index < -0.39 is 0 Å². The van der Waals surface area contributed by atoms with Gasteiger partial charge in [-0.05, 0) is 25.7 Å². The van der Waals surface area contributed by atoms with Gasteiger partial charge in [-0.25, -0.2) is 0 Å². The van der Waals surface area contributed by atoms with Gasteiger partial charge in [0.15, 0.2) is 0 Å². The summed E-state index contributed by atoms with van der Waals surface area (Å²) in [6.07, 6.45) is 2.87. The first-order valence-electron chi connectivity index (χ1n) is 9.35. The lowest BCUT2D eigenvalue weighted by atomic mass is 9.95. The van der Waals surface area contributed by atoms with Crippen molar-refractivity contribution in [2.24, 2.45) is 5.92 Å². The molecule has 24 heavy (non-hydrogen) atoms. The van der Waals surface area contributed by atoms with Crippen LogP contribution in [0.4, 0.5) is 0 Å². The Morgan fingerprint density at radius 2 is 1.75 bits per heavy atom. The Morgan fingerprint density at radius 3 is 2.29 bits per heavy atom. The van der Waals surface area contributed by atoms with Gasteiger partial charge in [0.2, 0.25) is 11.8 Å². The zero-order valence-electron chi connectivity index (χ0n) is 15.8. The number of piperidine rings is 1. The number of likely N-dealkylation sites (tertiary alicyclic amines) is 1. The third kappa shape index (κ3) is 5.18. The van der Waals surface area contributed by atoms with Gasteiger partial charge in [0.1, 0.15) is 0 Å². The van der Waals surface area contributed by atoms with Crippen LogP contribution in [0.5, 0.6) is 0 Å². The number of piperazine rings is 1. The first-order valence-corrected chi connectivity index (χ1v) is 9.35. The van der Waals surface area contributed by atoms with E-state index in [4.69, 9.17) is 0 Å². The molecule has 2 heterocycles. The molecule has 138 valence electrons. The molecule has 0 aliphatic carbocycles. The number of carbonyl (C=O) groups excluding carboxylic acids is 2.